The number of hydrogen-bond donors (Lipinski definition) is 2. The van der Waals surface area contributed by atoms with Crippen LogP contribution in [0, 0.1) is 0 Å². The fraction of sp³-hybridized carbons (Fsp3) is 0.273. The number of rotatable bonds is 5. The van der Waals surface area contributed by atoms with E-state index in [1.165, 1.54) is 0 Å². The number of aliphatic hydroxyl groups excluding tert-OH is 1. The Morgan fingerprint density at radius 2 is 1.88 bits per heavy atom. The molecule has 0 aliphatic rings. The van der Waals surface area contributed by atoms with E-state index in [4.69, 9.17) is 5.11 Å². The molecule has 0 aromatic heterocycles. The van der Waals surface area contributed by atoms with Crippen molar-refractivity contribution in [3.8, 4) is 0 Å². The highest BCUT2D eigenvalue weighted by atomic mass is 79.9. The van der Waals surface area contributed by atoms with E-state index in [1.807, 2.05) is 0 Å². The predicted octanol–water partition coefficient (Wildman–Crippen LogP) is 1.92. The van der Waals surface area contributed by atoms with Crippen LogP contribution in [0.4, 0.5) is 0 Å². The van der Waals surface area contributed by atoms with Gasteiger partial charge in [-0.1, -0.05) is 34.1 Å². The van der Waals surface area contributed by atoms with Crippen LogP contribution >= 0.6 is 15.9 Å². The molecule has 0 saturated heterocycles. The van der Waals surface area contributed by atoms with Gasteiger partial charge in [-0.05, 0) is 6.07 Å². The van der Waals surface area contributed by atoms with Gasteiger partial charge in [-0.3, -0.25) is 9.59 Å². The molecule has 4 nitrogen and oxygen atoms in total. The third-order valence-corrected chi connectivity index (χ3v) is 2.81. The monoisotopic (exact) mass is 286 g/mol. The number of hydrogen-bond acceptors (Lipinski definition) is 3. The smallest absolute Gasteiger partial charge is 0.303 e. The molecule has 0 saturated carbocycles. The number of benzene rings is 1. The summed E-state index contributed by atoms with van der Waals surface area (Å²) in [5.74, 6) is -1.54. The standard InChI is InChI=1S/C11H11BrO4/c12-8-4-2-1-3-7(8)11(16)9(13)5-6-10(14)15/h1-4,11,16H,5-6H2,(H,14,15)/t11-/m1/s1. The van der Waals surface area contributed by atoms with Gasteiger partial charge in [-0.2, -0.15) is 0 Å². The lowest BCUT2D eigenvalue weighted by Crippen LogP contribution is -2.13. The first kappa shape index (κ1) is 12.9. The molecule has 0 amide bonds. The number of ketones is 1. The number of carbonyl (C=O) groups is 2. The van der Waals surface area contributed by atoms with Gasteiger partial charge in [-0.15, -0.1) is 0 Å². The normalized spacial score (nSPS) is 12.1. The Bertz CT molecular complexity index is 403. The largest absolute Gasteiger partial charge is 0.481 e. The van der Waals surface area contributed by atoms with E-state index < -0.39 is 17.9 Å². The molecule has 0 fully saturated rings. The van der Waals surface area contributed by atoms with Crippen molar-refractivity contribution < 1.29 is 19.8 Å². The zero-order valence-electron chi connectivity index (χ0n) is 8.39. The molecule has 86 valence electrons. The average molecular weight is 287 g/mol. The summed E-state index contributed by atoms with van der Waals surface area (Å²) < 4.78 is 0.631. The molecule has 0 heterocycles. The highest BCUT2D eigenvalue weighted by Gasteiger charge is 2.19. The van der Waals surface area contributed by atoms with Crippen molar-refractivity contribution >= 4 is 27.7 Å². The van der Waals surface area contributed by atoms with Gasteiger partial charge in [0.1, 0.15) is 6.10 Å². The molecule has 0 bridgehead atoms. The Morgan fingerprint density at radius 3 is 2.44 bits per heavy atom. The second kappa shape index (κ2) is 5.77. The molecule has 5 heteroatoms. The fourth-order valence-electron chi connectivity index (χ4n) is 1.24. The number of carbonyl (C=O) groups excluding carboxylic acids is 1. The maximum Gasteiger partial charge on any atom is 0.303 e. The van der Waals surface area contributed by atoms with Gasteiger partial charge in [0.05, 0.1) is 6.42 Å². The summed E-state index contributed by atoms with van der Waals surface area (Å²) in [4.78, 5) is 21.8. The Kier molecular flexibility index (Phi) is 4.64. The third-order valence-electron chi connectivity index (χ3n) is 2.09. The second-order valence-corrected chi connectivity index (χ2v) is 4.14. The van der Waals surface area contributed by atoms with Gasteiger partial charge in [-0.25, -0.2) is 0 Å². The molecule has 0 radical (unpaired) electrons. The maximum absolute atomic E-state index is 11.5. The Hall–Kier alpha value is -1.20. The highest BCUT2D eigenvalue weighted by molar-refractivity contribution is 9.10. The number of aliphatic hydroxyl groups is 1. The molecule has 0 aliphatic carbocycles. The van der Waals surface area contributed by atoms with Crippen LogP contribution < -0.4 is 0 Å². The number of Topliss-reactive ketones (excluding diaryl/α,β-unsaturated/α-hetero) is 1. The average Bonchev–Trinajstić information content (AvgIpc) is 2.25. The van der Waals surface area contributed by atoms with Crippen molar-refractivity contribution in [3.05, 3.63) is 34.3 Å². The van der Waals surface area contributed by atoms with Gasteiger partial charge < -0.3 is 10.2 Å². The van der Waals surface area contributed by atoms with E-state index in [0.29, 0.717) is 10.0 Å². The van der Waals surface area contributed by atoms with E-state index in [9.17, 15) is 14.7 Å². The van der Waals surface area contributed by atoms with Crippen LogP contribution in [0.2, 0.25) is 0 Å². The van der Waals surface area contributed by atoms with Crippen molar-refractivity contribution in [2.24, 2.45) is 0 Å². The topological polar surface area (TPSA) is 74.6 Å². The van der Waals surface area contributed by atoms with E-state index in [2.05, 4.69) is 15.9 Å². The maximum atomic E-state index is 11.5. The van der Waals surface area contributed by atoms with Crippen molar-refractivity contribution in [3.63, 3.8) is 0 Å². The molecule has 2 N–H and O–H groups in total. The van der Waals surface area contributed by atoms with Gasteiger partial charge in [0.2, 0.25) is 0 Å². The first-order chi connectivity index (χ1) is 7.52. The molecule has 1 aromatic rings. The molecular weight excluding hydrogens is 276 g/mol. The molecule has 0 unspecified atom stereocenters. The summed E-state index contributed by atoms with van der Waals surface area (Å²) in [7, 11) is 0. The molecule has 1 rings (SSSR count). The third kappa shape index (κ3) is 3.43. The number of aliphatic carboxylic acids is 1. The van der Waals surface area contributed by atoms with E-state index in [-0.39, 0.29) is 12.8 Å². The van der Waals surface area contributed by atoms with Crippen LogP contribution in [0.1, 0.15) is 24.5 Å². The van der Waals surface area contributed by atoms with E-state index in [0.717, 1.165) is 0 Å². The lowest BCUT2D eigenvalue weighted by molar-refractivity contribution is -0.139. The molecule has 1 aromatic carbocycles. The first-order valence-electron chi connectivity index (χ1n) is 4.69. The Balaban J connectivity index is 2.71. The van der Waals surface area contributed by atoms with Crippen molar-refractivity contribution in [2.75, 3.05) is 0 Å². The number of carboxylic acids is 1. The van der Waals surface area contributed by atoms with Gasteiger partial charge >= 0.3 is 5.97 Å². The van der Waals surface area contributed by atoms with Crippen LogP contribution in [-0.2, 0) is 9.59 Å². The minimum atomic E-state index is -1.27. The zero-order valence-corrected chi connectivity index (χ0v) is 9.98. The van der Waals surface area contributed by atoms with Crippen LogP contribution in [0.5, 0.6) is 0 Å². The quantitative estimate of drug-likeness (QED) is 0.867. The lowest BCUT2D eigenvalue weighted by atomic mass is 10.0. The summed E-state index contributed by atoms with van der Waals surface area (Å²) >= 11 is 3.22. The fourth-order valence-corrected chi connectivity index (χ4v) is 1.74. The molecule has 0 spiro atoms. The minimum absolute atomic E-state index is 0.169. The van der Waals surface area contributed by atoms with Gasteiger partial charge in [0.25, 0.3) is 0 Å². The lowest BCUT2D eigenvalue weighted by Gasteiger charge is -2.10. The molecule has 0 aliphatic heterocycles. The van der Waals surface area contributed by atoms with Gasteiger partial charge in [0, 0.05) is 16.5 Å². The number of halogens is 1. The summed E-state index contributed by atoms with van der Waals surface area (Å²) in [6.07, 6.45) is -1.70. The summed E-state index contributed by atoms with van der Waals surface area (Å²) in [5, 5.41) is 18.1. The Morgan fingerprint density at radius 1 is 1.25 bits per heavy atom. The van der Waals surface area contributed by atoms with Crippen molar-refractivity contribution in [1.29, 1.82) is 0 Å². The highest BCUT2D eigenvalue weighted by Crippen LogP contribution is 2.24. The molecule has 1 atom stereocenters. The van der Waals surface area contributed by atoms with Crippen LogP contribution in [-0.4, -0.2) is 22.0 Å². The summed E-state index contributed by atoms with van der Waals surface area (Å²) in [5.41, 5.74) is 0.456. The van der Waals surface area contributed by atoms with Crippen LogP contribution in [0.3, 0.4) is 0 Å². The van der Waals surface area contributed by atoms with Crippen LogP contribution in [0.25, 0.3) is 0 Å². The first-order valence-corrected chi connectivity index (χ1v) is 5.48. The Labute approximate surface area is 101 Å². The second-order valence-electron chi connectivity index (χ2n) is 3.28. The zero-order chi connectivity index (χ0) is 12.1. The SMILES string of the molecule is O=C(O)CCC(=O)[C@H](O)c1ccccc1Br. The number of carboxylic acid groups (broad SMARTS) is 1. The summed E-state index contributed by atoms with van der Waals surface area (Å²) in [6, 6.07) is 6.80. The van der Waals surface area contributed by atoms with E-state index >= 15 is 0 Å². The van der Waals surface area contributed by atoms with Gasteiger partial charge in [0.15, 0.2) is 5.78 Å². The predicted molar refractivity (Wildman–Crippen MR) is 61.0 cm³/mol. The summed E-state index contributed by atoms with van der Waals surface area (Å²) in [6.45, 7) is 0. The molecule has 16 heavy (non-hydrogen) atoms. The van der Waals surface area contributed by atoms with Crippen LogP contribution in [0.15, 0.2) is 28.7 Å². The van der Waals surface area contributed by atoms with Crippen molar-refractivity contribution in [2.45, 2.75) is 18.9 Å². The van der Waals surface area contributed by atoms with E-state index in [1.54, 1.807) is 24.3 Å². The molecular formula is C11H11BrO4. The van der Waals surface area contributed by atoms with Crippen molar-refractivity contribution in [1.82, 2.24) is 0 Å². The minimum Gasteiger partial charge on any atom is -0.481 e.